The van der Waals surface area contributed by atoms with Crippen LogP contribution in [0.4, 0.5) is 10.1 Å². The molecule has 0 aliphatic rings. The van der Waals surface area contributed by atoms with Crippen LogP contribution in [-0.4, -0.2) is 17.7 Å². The molecule has 21 heavy (non-hydrogen) atoms. The molecule has 0 radical (unpaired) electrons. The zero-order valence-corrected chi connectivity index (χ0v) is 12.9. The number of carbonyl (C=O) groups excluding carboxylic acids is 1. The molecule has 0 heterocycles. The number of rotatable bonds is 5. The number of amides is 1. The van der Waals surface area contributed by atoms with Gasteiger partial charge in [-0.15, -0.1) is 11.8 Å². The maximum atomic E-state index is 13.7. The third kappa shape index (κ3) is 3.85. The summed E-state index contributed by atoms with van der Waals surface area (Å²) in [4.78, 5) is 14.8. The highest BCUT2D eigenvalue weighted by Gasteiger charge is 2.22. The van der Waals surface area contributed by atoms with E-state index in [4.69, 9.17) is 0 Å². The number of para-hydroxylation sites is 1. The Kier molecular flexibility index (Phi) is 5.39. The van der Waals surface area contributed by atoms with Crippen LogP contribution in [0.3, 0.4) is 0 Å². The summed E-state index contributed by atoms with van der Waals surface area (Å²) in [5.74, 6) is -0.304. The molecule has 2 rings (SSSR count). The van der Waals surface area contributed by atoms with Crippen LogP contribution < -0.4 is 4.90 Å². The molecule has 0 saturated carbocycles. The Morgan fingerprint density at radius 1 is 1.14 bits per heavy atom. The molecule has 0 spiro atoms. The number of benzene rings is 2. The van der Waals surface area contributed by atoms with Crippen LogP contribution in [0.15, 0.2) is 59.5 Å². The van der Waals surface area contributed by atoms with Crippen molar-refractivity contribution in [1.29, 1.82) is 0 Å². The lowest BCUT2D eigenvalue weighted by Gasteiger charge is -2.24. The highest BCUT2D eigenvalue weighted by atomic mass is 32.2. The first-order valence-electron chi connectivity index (χ1n) is 6.91. The summed E-state index contributed by atoms with van der Waals surface area (Å²) >= 11 is 1.25. The third-order valence-corrected chi connectivity index (χ3v) is 4.28. The molecule has 1 atom stereocenters. The number of nitrogens with zero attached hydrogens (tertiary/aromatic N) is 1. The third-order valence-electron chi connectivity index (χ3n) is 3.14. The van der Waals surface area contributed by atoms with E-state index in [1.54, 1.807) is 23.1 Å². The number of halogens is 1. The fourth-order valence-corrected chi connectivity index (χ4v) is 3.02. The first kappa shape index (κ1) is 15.6. The minimum absolute atomic E-state index is 0.0167. The summed E-state index contributed by atoms with van der Waals surface area (Å²) in [5.41, 5.74) is 0.867. The number of hydrogen-bond donors (Lipinski definition) is 0. The Morgan fingerprint density at radius 2 is 1.76 bits per heavy atom. The van der Waals surface area contributed by atoms with Crippen LogP contribution >= 0.6 is 11.8 Å². The Labute approximate surface area is 129 Å². The SMILES string of the molecule is CCN(C(=O)C(C)Sc1ccccc1F)c1ccccc1. The lowest BCUT2D eigenvalue weighted by atomic mass is 10.2. The van der Waals surface area contributed by atoms with Crippen molar-refractivity contribution >= 4 is 23.4 Å². The first-order chi connectivity index (χ1) is 10.1. The van der Waals surface area contributed by atoms with Crippen molar-refractivity contribution in [3.63, 3.8) is 0 Å². The molecule has 0 fully saturated rings. The van der Waals surface area contributed by atoms with Crippen molar-refractivity contribution in [1.82, 2.24) is 0 Å². The first-order valence-corrected chi connectivity index (χ1v) is 7.79. The molecule has 2 aromatic rings. The largest absolute Gasteiger partial charge is 0.312 e. The lowest BCUT2D eigenvalue weighted by molar-refractivity contribution is -0.117. The summed E-state index contributed by atoms with van der Waals surface area (Å²) in [6, 6.07) is 16.1. The van der Waals surface area contributed by atoms with Crippen LogP contribution in [0.2, 0.25) is 0 Å². The topological polar surface area (TPSA) is 20.3 Å². The summed E-state index contributed by atoms with van der Waals surface area (Å²) in [7, 11) is 0. The van der Waals surface area contributed by atoms with Gasteiger partial charge in [0.15, 0.2) is 0 Å². The Hall–Kier alpha value is -1.81. The van der Waals surface area contributed by atoms with Crippen molar-refractivity contribution in [3.05, 3.63) is 60.4 Å². The minimum atomic E-state index is -0.345. The quantitative estimate of drug-likeness (QED) is 0.765. The van der Waals surface area contributed by atoms with E-state index in [0.717, 1.165) is 5.69 Å². The predicted octanol–water partition coefficient (Wildman–Crippen LogP) is 4.36. The number of anilines is 1. The number of carbonyl (C=O) groups is 1. The van der Waals surface area contributed by atoms with Gasteiger partial charge < -0.3 is 4.90 Å². The van der Waals surface area contributed by atoms with E-state index in [0.29, 0.717) is 11.4 Å². The van der Waals surface area contributed by atoms with E-state index in [-0.39, 0.29) is 17.0 Å². The van der Waals surface area contributed by atoms with Gasteiger partial charge in [-0.05, 0) is 38.1 Å². The molecule has 0 bridgehead atoms. The Balaban J connectivity index is 2.13. The van der Waals surface area contributed by atoms with Crippen LogP contribution in [0.1, 0.15) is 13.8 Å². The second-order valence-electron chi connectivity index (χ2n) is 4.61. The van der Waals surface area contributed by atoms with Crippen molar-refractivity contribution in [2.75, 3.05) is 11.4 Å². The smallest absolute Gasteiger partial charge is 0.240 e. The van der Waals surface area contributed by atoms with Crippen molar-refractivity contribution in [2.45, 2.75) is 24.0 Å². The summed E-state index contributed by atoms with van der Waals surface area (Å²) in [6.45, 7) is 4.33. The van der Waals surface area contributed by atoms with Crippen LogP contribution in [0, 0.1) is 5.82 Å². The summed E-state index contributed by atoms with van der Waals surface area (Å²) in [6.07, 6.45) is 0. The van der Waals surface area contributed by atoms with Gasteiger partial charge in [-0.2, -0.15) is 0 Å². The molecule has 1 unspecified atom stereocenters. The molecule has 1 amide bonds. The normalized spacial score (nSPS) is 12.0. The van der Waals surface area contributed by atoms with Crippen LogP contribution in [0.5, 0.6) is 0 Å². The van der Waals surface area contributed by atoms with E-state index in [1.807, 2.05) is 44.2 Å². The molecule has 4 heteroatoms. The second-order valence-corrected chi connectivity index (χ2v) is 5.99. The van der Waals surface area contributed by atoms with Gasteiger partial charge in [-0.3, -0.25) is 4.79 Å². The minimum Gasteiger partial charge on any atom is -0.312 e. The number of thioether (sulfide) groups is 1. The molecule has 0 aromatic heterocycles. The monoisotopic (exact) mass is 303 g/mol. The van der Waals surface area contributed by atoms with Gasteiger partial charge in [0, 0.05) is 17.1 Å². The maximum absolute atomic E-state index is 13.7. The van der Waals surface area contributed by atoms with E-state index in [9.17, 15) is 9.18 Å². The summed E-state index contributed by atoms with van der Waals surface area (Å²) in [5, 5.41) is -0.345. The van der Waals surface area contributed by atoms with E-state index in [2.05, 4.69) is 0 Å². The predicted molar refractivity (Wildman–Crippen MR) is 86.2 cm³/mol. The fourth-order valence-electron chi connectivity index (χ4n) is 2.07. The highest BCUT2D eigenvalue weighted by Crippen LogP contribution is 2.28. The van der Waals surface area contributed by atoms with Gasteiger partial charge >= 0.3 is 0 Å². The van der Waals surface area contributed by atoms with Gasteiger partial charge in [-0.1, -0.05) is 30.3 Å². The second kappa shape index (κ2) is 7.27. The molecule has 0 aliphatic carbocycles. The lowest BCUT2D eigenvalue weighted by Crippen LogP contribution is -2.36. The van der Waals surface area contributed by atoms with Gasteiger partial charge in [0.2, 0.25) is 5.91 Å². The average Bonchev–Trinajstić information content (AvgIpc) is 2.51. The number of hydrogen-bond acceptors (Lipinski definition) is 2. The van der Waals surface area contributed by atoms with Gasteiger partial charge in [-0.25, -0.2) is 4.39 Å². The maximum Gasteiger partial charge on any atom is 0.240 e. The van der Waals surface area contributed by atoms with E-state index < -0.39 is 0 Å². The molecule has 0 N–H and O–H groups in total. The zero-order valence-electron chi connectivity index (χ0n) is 12.1. The molecule has 110 valence electrons. The standard InChI is InChI=1S/C17H18FNOS/c1-3-19(14-9-5-4-6-10-14)17(20)13(2)21-16-12-8-7-11-15(16)18/h4-13H,3H2,1-2H3. The molecule has 2 aromatic carbocycles. The van der Waals surface area contributed by atoms with Gasteiger partial charge in [0.05, 0.1) is 5.25 Å². The molecule has 0 aliphatic heterocycles. The van der Waals surface area contributed by atoms with E-state index in [1.165, 1.54) is 17.8 Å². The van der Waals surface area contributed by atoms with Crippen molar-refractivity contribution < 1.29 is 9.18 Å². The van der Waals surface area contributed by atoms with Crippen molar-refractivity contribution in [3.8, 4) is 0 Å². The van der Waals surface area contributed by atoms with Gasteiger partial charge in [0.25, 0.3) is 0 Å². The van der Waals surface area contributed by atoms with Crippen LogP contribution in [0.25, 0.3) is 0 Å². The molecule has 2 nitrogen and oxygen atoms in total. The Morgan fingerprint density at radius 3 is 2.38 bits per heavy atom. The van der Waals surface area contributed by atoms with Gasteiger partial charge in [0.1, 0.15) is 5.82 Å². The van der Waals surface area contributed by atoms with Crippen LogP contribution in [-0.2, 0) is 4.79 Å². The zero-order chi connectivity index (χ0) is 15.2. The van der Waals surface area contributed by atoms with Crippen molar-refractivity contribution in [2.24, 2.45) is 0 Å². The molecular formula is C17H18FNOS. The average molecular weight is 303 g/mol. The van der Waals surface area contributed by atoms with E-state index >= 15 is 0 Å². The molecule has 0 saturated heterocycles. The fraction of sp³-hybridized carbons (Fsp3) is 0.235. The Bertz CT molecular complexity index is 603. The molecular weight excluding hydrogens is 285 g/mol. The summed E-state index contributed by atoms with van der Waals surface area (Å²) < 4.78 is 13.7. The highest BCUT2D eigenvalue weighted by molar-refractivity contribution is 8.00.